The van der Waals surface area contributed by atoms with E-state index in [1.165, 1.54) is 0 Å². The van der Waals surface area contributed by atoms with Crippen molar-refractivity contribution in [3.8, 4) is 11.5 Å². The van der Waals surface area contributed by atoms with Gasteiger partial charge in [0.05, 0.1) is 22.6 Å². The van der Waals surface area contributed by atoms with Gasteiger partial charge < -0.3 is 14.8 Å². The van der Waals surface area contributed by atoms with Crippen LogP contribution < -0.4 is 10.1 Å². The third kappa shape index (κ3) is 3.87. The van der Waals surface area contributed by atoms with Crippen LogP contribution in [0.4, 0.5) is 5.95 Å². The lowest BCUT2D eigenvalue weighted by atomic mass is 9.95. The van der Waals surface area contributed by atoms with Crippen LogP contribution in [-0.2, 0) is 9.53 Å². The Morgan fingerprint density at radius 1 is 1.06 bits per heavy atom. The maximum atomic E-state index is 13.2. The largest absolute Gasteiger partial charge is 0.458 e. The Balaban J connectivity index is 1.65. The average molecular weight is 437 g/mol. The maximum Gasteiger partial charge on any atom is 0.338 e. The van der Waals surface area contributed by atoms with E-state index in [1.807, 2.05) is 90.4 Å². The van der Waals surface area contributed by atoms with E-state index in [0.29, 0.717) is 23.0 Å². The van der Waals surface area contributed by atoms with Crippen LogP contribution in [0, 0.1) is 0 Å². The second-order valence-corrected chi connectivity index (χ2v) is 7.74. The van der Waals surface area contributed by atoms with Gasteiger partial charge in [-0.25, -0.2) is 9.78 Å². The molecule has 0 spiro atoms. The number of nitrogens with zero attached hydrogens (tertiary/aromatic N) is 2. The molecular formula is C27H23N3O3. The number of benzene rings is 3. The van der Waals surface area contributed by atoms with Gasteiger partial charge in [0, 0.05) is 5.70 Å². The Labute approximate surface area is 191 Å². The molecule has 164 valence electrons. The summed E-state index contributed by atoms with van der Waals surface area (Å²) in [6, 6.07) is 24.8. The lowest BCUT2D eigenvalue weighted by Gasteiger charge is -2.30. The Kier molecular flexibility index (Phi) is 5.40. The Bertz CT molecular complexity index is 1370. The summed E-state index contributed by atoms with van der Waals surface area (Å²) in [5.41, 5.74) is 3.87. The first-order valence-electron chi connectivity index (χ1n) is 10.7. The number of ether oxygens (including phenoxy) is 2. The minimum absolute atomic E-state index is 0.136. The van der Waals surface area contributed by atoms with Crippen molar-refractivity contribution in [1.29, 1.82) is 0 Å². The molecule has 0 fully saturated rings. The lowest BCUT2D eigenvalue weighted by Crippen LogP contribution is -2.29. The summed E-state index contributed by atoms with van der Waals surface area (Å²) in [6.07, 6.45) is 1.56. The van der Waals surface area contributed by atoms with Gasteiger partial charge in [-0.3, -0.25) is 4.57 Å². The van der Waals surface area contributed by atoms with Gasteiger partial charge in [-0.15, -0.1) is 0 Å². The number of carbonyl (C=O) groups is 1. The summed E-state index contributed by atoms with van der Waals surface area (Å²) in [5.74, 6) is 1.70. The van der Waals surface area contributed by atoms with Crippen molar-refractivity contribution in [2.45, 2.75) is 13.0 Å². The van der Waals surface area contributed by atoms with Gasteiger partial charge in [0.1, 0.15) is 18.1 Å². The minimum Gasteiger partial charge on any atom is -0.458 e. The van der Waals surface area contributed by atoms with Crippen LogP contribution in [0.3, 0.4) is 0 Å². The predicted molar refractivity (Wildman–Crippen MR) is 128 cm³/mol. The van der Waals surface area contributed by atoms with E-state index in [1.54, 1.807) is 6.08 Å². The molecule has 0 bridgehead atoms. The van der Waals surface area contributed by atoms with Gasteiger partial charge in [0.2, 0.25) is 5.95 Å². The predicted octanol–water partition coefficient (Wildman–Crippen LogP) is 5.85. The summed E-state index contributed by atoms with van der Waals surface area (Å²) in [5, 5.41) is 3.28. The fourth-order valence-electron chi connectivity index (χ4n) is 4.13. The van der Waals surface area contributed by atoms with E-state index in [-0.39, 0.29) is 6.61 Å². The number of aromatic nitrogens is 2. The second kappa shape index (κ2) is 8.67. The molecule has 6 nitrogen and oxygen atoms in total. The number of imidazole rings is 1. The summed E-state index contributed by atoms with van der Waals surface area (Å²) >= 11 is 0. The molecule has 5 rings (SSSR count). The molecule has 4 aromatic rings. The molecule has 33 heavy (non-hydrogen) atoms. The summed E-state index contributed by atoms with van der Waals surface area (Å²) in [7, 11) is 0. The zero-order valence-corrected chi connectivity index (χ0v) is 18.2. The van der Waals surface area contributed by atoms with Gasteiger partial charge in [-0.1, -0.05) is 55.1 Å². The fourth-order valence-corrected chi connectivity index (χ4v) is 4.13. The van der Waals surface area contributed by atoms with Crippen molar-refractivity contribution in [2.75, 3.05) is 11.9 Å². The number of allylic oxidation sites excluding steroid dienone is 1. The summed E-state index contributed by atoms with van der Waals surface area (Å²) in [6.45, 7) is 5.66. The van der Waals surface area contributed by atoms with Crippen LogP contribution in [0.25, 0.3) is 11.0 Å². The van der Waals surface area contributed by atoms with Crippen LogP contribution in [0.5, 0.6) is 11.5 Å². The highest BCUT2D eigenvalue weighted by Crippen LogP contribution is 2.40. The normalized spacial score (nSPS) is 15.0. The topological polar surface area (TPSA) is 65.4 Å². The molecule has 3 aromatic carbocycles. The molecule has 0 aliphatic carbocycles. The molecule has 1 aromatic heterocycles. The molecule has 1 atom stereocenters. The van der Waals surface area contributed by atoms with Crippen LogP contribution in [0.15, 0.2) is 103 Å². The molecule has 2 heterocycles. The van der Waals surface area contributed by atoms with Crippen molar-refractivity contribution >= 4 is 23.0 Å². The van der Waals surface area contributed by atoms with Gasteiger partial charge in [0.25, 0.3) is 0 Å². The smallest absolute Gasteiger partial charge is 0.338 e. The van der Waals surface area contributed by atoms with Gasteiger partial charge in [-0.2, -0.15) is 0 Å². The standard InChI is InChI=1S/C27H23N3O3/c1-3-16-32-26(31)24-18(2)28-27-29-22-14-7-8-15-23(22)30(27)25(24)19-10-9-13-21(17-19)33-20-11-5-4-6-12-20/h3-15,17,25H,1,16H2,2H3,(H,28,29). The first-order valence-corrected chi connectivity index (χ1v) is 10.7. The van der Waals surface area contributed by atoms with Gasteiger partial charge in [-0.05, 0) is 48.9 Å². The number of fused-ring (bicyclic) bond motifs is 3. The zero-order valence-electron chi connectivity index (χ0n) is 18.2. The average Bonchev–Trinajstić information content (AvgIpc) is 3.20. The fraction of sp³-hybridized carbons (Fsp3) is 0.111. The molecule has 1 unspecified atom stereocenters. The Morgan fingerprint density at radius 2 is 1.82 bits per heavy atom. The quantitative estimate of drug-likeness (QED) is 0.303. The van der Waals surface area contributed by atoms with Crippen LogP contribution in [0.2, 0.25) is 0 Å². The van der Waals surface area contributed by atoms with Gasteiger partial charge in [0.15, 0.2) is 0 Å². The van der Waals surface area contributed by atoms with Crippen molar-refractivity contribution in [3.05, 3.63) is 108 Å². The van der Waals surface area contributed by atoms with E-state index >= 15 is 0 Å². The lowest BCUT2D eigenvalue weighted by molar-refractivity contribution is -0.138. The molecular weight excluding hydrogens is 414 g/mol. The van der Waals surface area contributed by atoms with E-state index in [4.69, 9.17) is 14.5 Å². The van der Waals surface area contributed by atoms with Crippen molar-refractivity contribution in [3.63, 3.8) is 0 Å². The molecule has 0 saturated heterocycles. The number of hydrogen-bond acceptors (Lipinski definition) is 5. The molecule has 0 radical (unpaired) electrons. The third-order valence-corrected chi connectivity index (χ3v) is 5.54. The number of rotatable bonds is 6. The summed E-state index contributed by atoms with van der Waals surface area (Å²) < 4.78 is 13.6. The van der Waals surface area contributed by atoms with Crippen molar-refractivity contribution < 1.29 is 14.3 Å². The molecule has 6 heteroatoms. The molecule has 1 aliphatic heterocycles. The first-order chi connectivity index (χ1) is 16.2. The second-order valence-electron chi connectivity index (χ2n) is 7.74. The number of nitrogens with one attached hydrogen (secondary N) is 1. The maximum absolute atomic E-state index is 13.2. The SMILES string of the molecule is C=CCOC(=O)C1=C(C)Nc2nc3ccccc3n2C1c1cccc(Oc2ccccc2)c1. The van der Waals surface area contributed by atoms with Gasteiger partial charge >= 0.3 is 5.97 Å². The molecule has 0 saturated carbocycles. The third-order valence-electron chi connectivity index (χ3n) is 5.54. The zero-order chi connectivity index (χ0) is 22.8. The van der Waals surface area contributed by atoms with Crippen LogP contribution in [0.1, 0.15) is 18.5 Å². The van der Waals surface area contributed by atoms with Crippen molar-refractivity contribution in [2.24, 2.45) is 0 Å². The van der Waals surface area contributed by atoms with Crippen LogP contribution in [-0.4, -0.2) is 22.1 Å². The van der Waals surface area contributed by atoms with Crippen LogP contribution >= 0.6 is 0 Å². The van der Waals surface area contributed by atoms with E-state index in [0.717, 1.165) is 22.3 Å². The highest BCUT2D eigenvalue weighted by atomic mass is 16.5. The number of para-hydroxylation sites is 3. The number of hydrogen-bond donors (Lipinski definition) is 1. The molecule has 1 aliphatic rings. The summed E-state index contributed by atoms with van der Waals surface area (Å²) in [4.78, 5) is 17.9. The highest BCUT2D eigenvalue weighted by Gasteiger charge is 2.35. The number of anilines is 1. The first kappa shape index (κ1) is 20.6. The van der Waals surface area contributed by atoms with E-state index < -0.39 is 12.0 Å². The Morgan fingerprint density at radius 3 is 2.64 bits per heavy atom. The highest BCUT2D eigenvalue weighted by molar-refractivity contribution is 5.94. The number of esters is 1. The van der Waals surface area contributed by atoms with Crippen molar-refractivity contribution in [1.82, 2.24) is 9.55 Å². The van der Waals surface area contributed by atoms with E-state index in [9.17, 15) is 4.79 Å². The Hall–Kier alpha value is -4.32. The molecule has 0 amide bonds. The monoisotopic (exact) mass is 437 g/mol. The number of carbonyl (C=O) groups excluding carboxylic acids is 1. The molecule has 1 N–H and O–H groups in total. The van der Waals surface area contributed by atoms with E-state index in [2.05, 4.69) is 11.9 Å². The minimum atomic E-state index is -0.440.